The summed E-state index contributed by atoms with van der Waals surface area (Å²) in [6, 6.07) is 0. The number of hydrogen-bond acceptors (Lipinski definition) is 4. The predicted molar refractivity (Wildman–Crippen MR) is 81.5 cm³/mol. The average Bonchev–Trinajstić information content (AvgIpc) is 2.34. The lowest BCUT2D eigenvalue weighted by Crippen LogP contribution is -2.30. The van der Waals surface area contributed by atoms with E-state index in [1.54, 1.807) is 23.3 Å². The maximum Gasteiger partial charge on any atom is 0.347 e. The summed E-state index contributed by atoms with van der Waals surface area (Å²) < 4.78 is 1.67. The summed E-state index contributed by atoms with van der Waals surface area (Å²) in [6.07, 6.45) is 2.51. The van der Waals surface area contributed by atoms with Crippen LogP contribution in [0.25, 0.3) is 0 Å². The van der Waals surface area contributed by atoms with E-state index in [4.69, 9.17) is 5.11 Å². The Bertz CT molecular complexity index is 540. The van der Waals surface area contributed by atoms with Crippen LogP contribution in [-0.2, 0) is 17.8 Å². The van der Waals surface area contributed by atoms with Gasteiger partial charge in [0.25, 0.3) is 0 Å². The number of hydrogen-bond donors (Lipinski definition) is 1. The second-order valence-corrected chi connectivity index (χ2v) is 6.02. The number of thioether (sulfide) groups is 1. The Morgan fingerprint density at radius 1 is 1.45 bits per heavy atom. The Morgan fingerprint density at radius 3 is 2.65 bits per heavy atom. The average molecular weight is 298 g/mol. The highest BCUT2D eigenvalue weighted by Gasteiger charge is 2.14. The number of aryl methyl sites for hydroxylation is 1. The largest absolute Gasteiger partial charge is 0.481 e. The Morgan fingerprint density at radius 2 is 2.10 bits per heavy atom. The number of rotatable bonds is 7. The van der Waals surface area contributed by atoms with Crippen LogP contribution in [0.5, 0.6) is 0 Å². The van der Waals surface area contributed by atoms with Crippen molar-refractivity contribution < 1.29 is 9.90 Å². The van der Waals surface area contributed by atoms with Gasteiger partial charge in [-0.25, -0.2) is 4.79 Å². The van der Waals surface area contributed by atoms with Crippen LogP contribution in [0.4, 0.5) is 0 Å². The first-order valence-corrected chi connectivity index (χ1v) is 8.03. The fraction of sp³-hybridized carbons (Fsp3) is 0.643. The molecule has 1 unspecified atom stereocenters. The monoisotopic (exact) mass is 298 g/mol. The van der Waals surface area contributed by atoms with Crippen LogP contribution in [0.3, 0.4) is 0 Å². The van der Waals surface area contributed by atoms with E-state index in [0.717, 1.165) is 17.0 Å². The first kappa shape index (κ1) is 16.8. The van der Waals surface area contributed by atoms with Crippen LogP contribution in [0.2, 0.25) is 0 Å². The number of carbonyl (C=O) groups is 1. The van der Waals surface area contributed by atoms with E-state index >= 15 is 0 Å². The van der Waals surface area contributed by atoms with Crippen LogP contribution in [0, 0.1) is 19.8 Å². The van der Waals surface area contributed by atoms with Gasteiger partial charge < -0.3 is 5.11 Å². The molecule has 0 spiro atoms. The molecule has 1 N–H and O–H groups in total. The van der Waals surface area contributed by atoms with Crippen LogP contribution in [-0.4, -0.2) is 32.6 Å². The highest BCUT2D eigenvalue weighted by Crippen LogP contribution is 2.14. The summed E-state index contributed by atoms with van der Waals surface area (Å²) in [7, 11) is 0. The second-order valence-electron chi connectivity index (χ2n) is 5.11. The molecular formula is C14H22N2O3S. The molecule has 20 heavy (non-hydrogen) atoms. The number of carboxylic acid groups (broad SMARTS) is 1. The van der Waals surface area contributed by atoms with E-state index in [0.29, 0.717) is 24.6 Å². The molecule has 0 fully saturated rings. The summed E-state index contributed by atoms with van der Waals surface area (Å²) in [6.45, 7) is 6.36. The van der Waals surface area contributed by atoms with Crippen molar-refractivity contribution in [2.45, 2.75) is 40.2 Å². The lowest BCUT2D eigenvalue weighted by Gasteiger charge is -2.18. The molecule has 0 bridgehead atoms. The van der Waals surface area contributed by atoms with Gasteiger partial charge in [0.2, 0.25) is 0 Å². The molecule has 6 heteroatoms. The van der Waals surface area contributed by atoms with Gasteiger partial charge in [-0.2, -0.15) is 16.7 Å². The van der Waals surface area contributed by atoms with E-state index in [2.05, 4.69) is 11.9 Å². The smallest absolute Gasteiger partial charge is 0.347 e. The Kier molecular flexibility index (Phi) is 6.26. The molecule has 112 valence electrons. The van der Waals surface area contributed by atoms with Gasteiger partial charge in [0, 0.05) is 24.4 Å². The van der Waals surface area contributed by atoms with Gasteiger partial charge in [-0.05, 0) is 43.8 Å². The molecule has 0 aliphatic rings. The van der Waals surface area contributed by atoms with Crippen molar-refractivity contribution in [3.8, 4) is 0 Å². The molecule has 0 saturated carbocycles. The Hall–Kier alpha value is -1.30. The van der Waals surface area contributed by atoms with Crippen molar-refractivity contribution in [3.05, 3.63) is 27.4 Å². The van der Waals surface area contributed by atoms with Crippen LogP contribution in [0.15, 0.2) is 4.79 Å². The lowest BCUT2D eigenvalue weighted by molar-refractivity contribution is -0.136. The predicted octanol–water partition coefficient (Wildman–Crippen LogP) is 1.88. The molecule has 0 amide bonds. The summed E-state index contributed by atoms with van der Waals surface area (Å²) in [5, 5.41) is 8.80. The fourth-order valence-corrected chi connectivity index (χ4v) is 2.97. The molecule has 5 nitrogen and oxygen atoms in total. The number of nitrogens with zero attached hydrogens (tertiary/aromatic N) is 2. The van der Waals surface area contributed by atoms with Crippen molar-refractivity contribution in [1.82, 2.24) is 9.55 Å². The summed E-state index contributed by atoms with van der Waals surface area (Å²) in [4.78, 5) is 26.8. The maximum atomic E-state index is 12.0. The first-order chi connectivity index (χ1) is 9.36. The van der Waals surface area contributed by atoms with Crippen LogP contribution in [0.1, 0.15) is 30.3 Å². The van der Waals surface area contributed by atoms with Crippen molar-refractivity contribution in [1.29, 1.82) is 0 Å². The SMILES string of the molecule is CSCC(C)Cn1c(C)c(CCC(=O)O)c(C)nc1=O. The summed E-state index contributed by atoms with van der Waals surface area (Å²) in [5.41, 5.74) is 2.12. The van der Waals surface area contributed by atoms with Gasteiger partial charge in [0.1, 0.15) is 0 Å². The van der Waals surface area contributed by atoms with Crippen molar-refractivity contribution >= 4 is 17.7 Å². The Labute approximate surface area is 123 Å². The van der Waals surface area contributed by atoms with E-state index < -0.39 is 5.97 Å². The normalized spacial score (nSPS) is 12.4. The lowest BCUT2D eigenvalue weighted by atomic mass is 10.1. The zero-order valence-electron chi connectivity index (χ0n) is 12.5. The highest BCUT2D eigenvalue weighted by atomic mass is 32.2. The molecule has 1 heterocycles. The van der Waals surface area contributed by atoms with E-state index in [-0.39, 0.29) is 12.1 Å². The third-order valence-corrected chi connectivity index (χ3v) is 4.21. The van der Waals surface area contributed by atoms with Crippen LogP contribution >= 0.6 is 11.8 Å². The van der Waals surface area contributed by atoms with Crippen molar-refractivity contribution in [3.63, 3.8) is 0 Å². The topological polar surface area (TPSA) is 72.2 Å². The third kappa shape index (κ3) is 4.37. The minimum absolute atomic E-state index is 0.0575. The zero-order valence-corrected chi connectivity index (χ0v) is 13.3. The van der Waals surface area contributed by atoms with Crippen molar-refractivity contribution in [2.24, 2.45) is 5.92 Å². The van der Waals surface area contributed by atoms with E-state index in [1.165, 1.54) is 0 Å². The Balaban J connectivity index is 3.08. The first-order valence-electron chi connectivity index (χ1n) is 6.64. The minimum Gasteiger partial charge on any atom is -0.481 e. The third-order valence-electron chi connectivity index (χ3n) is 3.31. The quantitative estimate of drug-likeness (QED) is 0.832. The summed E-state index contributed by atoms with van der Waals surface area (Å²) in [5.74, 6) is 0.514. The van der Waals surface area contributed by atoms with Gasteiger partial charge in [-0.15, -0.1) is 0 Å². The number of carboxylic acids is 1. The van der Waals surface area contributed by atoms with Gasteiger partial charge >= 0.3 is 11.7 Å². The molecule has 1 rings (SSSR count). The van der Waals surface area contributed by atoms with E-state index in [9.17, 15) is 9.59 Å². The molecule has 0 aliphatic carbocycles. The number of aromatic nitrogens is 2. The van der Waals surface area contributed by atoms with Crippen molar-refractivity contribution in [2.75, 3.05) is 12.0 Å². The molecule has 1 atom stereocenters. The van der Waals surface area contributed by atoms with Gasteiger partial charge in [-0.1, -0.05) is 6.92 Å². The molecule has 1 aromatic heterocycles. The van der Waals surface area contributed by atoms with Gasteiger partial charge in [0.05, 0.1) is 0 Å². The highest BCUT2D eigenvalue weighted by molar-refractivity contribution is 7.98. The summed E-state index contributed by atoms with van der Waals surface area (Å²) >= 11 is 1.75. The standard InChI is InChI=1S/C14H22N2O3S/c1-9(8-20-4)7-16-11(3)12(5-6-13(17)18)10(2)15-14(16)19/h9H,5-8H2,1-4H3,(H,17,18). The number of aliphatic carboxylic acids is 1. The molecule has 1 aromatic rings. The molecule has 0 radical (unpaired) electrons. The van der Waals surface area contributed by atoms with E-state index in [1.807, 2.05) is 13.2 Å². The van der Waals surface area contributed by atoms with Gasteiger partial charge in [-0.3, -0.25) is 9.36 Å². The molecule has 0 aliphatic heterocycles. The fourth-order valence-electron chi connectivity index (χ4n) is 2.30. The molecular weight excluding hydrogens is 276 g/mol. The zero-order chi connectivity index (χ0) is 15.3. The van der Waals surface area contributed by atoms with Crippen LogP contribution < -0.4 is 5.69 Å². The minimum atomic E-state index is -0.836. The maximum absolute atomic E-state index is 12.0. The molecule has 0 saturated heterocycles. The second kappa shape index (κ2) is 7.47. The molecule has 0 aromatic carbocycles. The van der Waals surface area contributed by atoms with Gasteiger partial charge in [0.15, 0.2) is 0 Å².